The van der Waals surface area contributed by atoms with E-state index in [2.05, 4.69) is 91.1 Å². The molecule has 2 aliphatic heterocycles. The summed E-state index contributed by atoms with van der Waals surface area (Å²) in [5.74, 6) is -0.0491. The van der Waals surface area contributed by atoms with Crippen molar-refractivity contribution in [2.75, 3.05) is 52.4 Å². The van der Waals surface area contributed by atoms with Gasteiger partial charge in [0.1, 0.15) is 6.04 Å². The van der Waals surface area contributed by atoms with Crippen molar-refractivity contribution >= 4 is 53.4 Å². The number of benzene rings is 1. The lowest BCUT2D eigenvalue weighted by atomic mass is 9.82. The quantitative estimate of drug-likeness (QED) is 0.125. The second kappa shape index (κ2) is 20.7. The summed E-state index contributed by atoms with van der Waals surface area (Å²) in [7, 11) is -1.15. The Morgan fingerprint density at radius 1 is 0.869 bits per heavy atom. The van der Waals surface area contributed by atoms with Gasteiger partial charge in [-0.25, -0.2) is 9.97 Å². The monoisotopic (exact) mass is 919 g/mol. The number of aromatic nitrogens is 5. The molecule has 3 aromatic heterocycles. The molecule has 2 amide bonds. The predicted molar refractivity (Wildman–Crippen MR) is 244 cm³/mol. The van der Waals surface area contributed by atoms with Crippen molar-refractivity contribution in [2.24, 2.45) is 0 Å². The van der Waals surface area contributed by atoms with Crippen LogP contribution in [0.3, 0.4) is 0 Å². The number of imidazole rings is 2. The number of carbonyl (C=O) groups is 2. The first kappa shape index (κ1) is 46.9. The molecule has 1 aliphatic carbocycles. The van der Waals surface area contributed by atoms with E-state index >= 15 is 0 Å². The molecule has 0 saturated carbocycles. The molecule has 5 heterocycles. The van der Waals surface area contributed by atoms with Gasteiger partial charge < -0.3 is 44.8 Å². The van der Waals surface area contributed by atoms with Crippen LogP contribution in [-0.4, -0.2) is 139 Å². The Kier molecular flexibility index (Phi) is 15.9. The molecule has 4 aromatic rings. The molecule has 3 atom stereocenters. The average Bonchev–Trinajstić information content (AvgIpc) is 3.97. The predicted octanol–water partition coefficient (Wildman–Crippen LogP) is 3.43. The zero-order valence-electron chi connectivity index (χ0n) is 36.3. The van der Waals surface area contributed by atoms with Crippen molar-refractivity contribution < 1.29 is 19.6 Å². The summed E-state index contributed by atoms with van der Waals surface area (Å²) in [5.41, 5.74) is 4.19. The van der Waals surface area contributed by atoms with Crippen molar-refractivity contribution in [3.63, 3.8) is 0 Å². The van der Waals surface area contributed by atoms with Gasteiger partial charge in [0.05, 0.1) is 30.4 Å². The van der Waals surface area contributed by atoms with Crippen molar-refractivity contribution in [2.45, 2.75) is 96.2 Å². The van der Waals surface area contributed by atoms with Gasteiger partial charge in [-0.1, -0.05) is 17.7 Å². The minimum atomic E-state index is -0.635. The van der Waals surface area contributed by atoms with E-state index in [4.69, 9.17) is 16.6 Å². The fourth-order valence-corrected chi connectivity index (χ4v) is 9.03. The molecule has 7 rings (SSSR count). The Balaban J connectivity index is 0.000000240. The molecule has 3 aliphatic rings. The maximum atomic E-state index is 13.9. The highest BCUT2D eigenvalue weighted by Crippen LogP contribution is 2.39. The number of nitrogens with zero attached hydrogens (tertiary/aromatic N) is 8. The van der Waals surface area contributed by atoms with Crippen LogP contribution in [0.1, 0.15) is 69.0 Å². The smallest absolute Gasteiger partial charge is 0.376 e. The number of amides is 2. The van der Waals surface area contributed by atoms with Crippen LogP contribution in [-0.2, 0) is 33.5 Å². The molecule has 1 unspecified atom stereocenters. The molecule has 0 spiro atoms. The fourth-order valence-electron chi connectivity index (χ4n) is 8.45. The fraction of sp³-hybridized carbons (Fsp3) is 0.548. The summed E-state index contributed by atoms with van der Waals surface area (Å²) in [6.45, 7) is 16.8. The topological polar surface area (TPSA) is 169 Å². The molecule has 328 valence electrons. The Hall–Kier alpha value is -3.61. The second-order valence-electron chi connectivity index (χ2n) is 17.6. The molecule has 5 N–H and O–H groups in total. The van der Waals surface area contributed by atoms with Crippen LogP contribution in [0.2, 0.25) is 18.7 Å². The number of piperazine rings is 2. The van der Waals surface area contributed by atoms with Gasteiger partial charge in [-0.05, 0) is 118 Å². The number of aryl methyl sites for hydroxylation is 2. The summed E-state index contributed by atoms with van der Waals surface area (Å²) >= 11 is 10.0. The van der Waals surface area contributed by atoms with Gasteiger partial charge >= 0.3 is 14.1 Å². The summed E-state index contributed by atoms with van der Waals surface area (Å²) in [6, 6.07) is 7.28. The van der Waals surface area contributed by atoms with E-state index < -0.39 is 20.1 Å². The van der Waals surface area contributed by atoms with Crippen LogP contribution in [0.25, 0.3) is 0 Å². The molecule has 2 saturated heterocycles. The van der Waals surface area contributed by atoms with Crippen molar-refractivity contribution in [3.8, 4) is 0 Å². The first-order valence-corrected chi connectivity index (χ1v) is 22.5. The van der Waals surface area contributed by atoms with Crippen molar-refractivity contribution in [3.05, 3.63) is 99.8 Å². The van der Waals surface area contributed by atoms with Crippen LogP contribution in [0.4, 0.5) is 0 Å². The molecule has 0 radical (unpaired) electrons. The van der Waals surface area contributed by atoms with E-state index in [9.17, 15) is 19.6 Å². The molecule has 15 nitrogen and oxygen atoms in total. The van der Waals surface area contributed by atoms with Crippen LogP contribution in [0.5, 0.6) is 0 Å². The van der Waals surface area contributed by atoms with E-state index in [0.717, 1.165) is 48.0 Å². The highest BCUT2D eigenvalue weighted by molar-refractivity contribution is 9.10. The zero-order valence-corrected chi connectivity index (χ0v) is 38.6. The number of hydrogen-bond acceptors (Lipinski definition) is 11. The van der Waals surface area contributed by atoms with Crippen LogP contribution in [0, 0.1) is 0 Å². The molecule has 0 bridgehead atoms. The maximum absolute atomic E-state index is 13.9. The minimum absolute atomic E-state index is 0.00761. The number of halogens is 2. The van der Waals surface area contributed by atoms with E-state index in [1.54, 1.807) is 32.4 Å². The number of fused-ring (bicyclic) bond motifs is 2. The summed E-state index contributed by atoms with van der Waals surface area (Å²) in [4.78, 5) is 45.4. The Labute approximate surface area is 374 Å². The summed E-state index contributed by atoms with van der Waals surface area (Å²) in [5, 5.41) is 30.1. The summed E-state index contributed by atoms with van der Waals surface area (Å²) < 4.78 is 5.06. The standard InChI is InChI=1S/C28H35BBrClN6O2.C14H26BN5O2/c1-28(2,35-11-10-32-18-35)8-9-33-27(38)24-17-36(29(3)39)12-13-37(24)26-23-7-6-22(31)15-19(23)4-5-20-14-21(30)16-34-25(20)26;1-14(2,19-8-6-16-11-19)4-5-18-13(21)12-10-20(15(3)22)9-7-17-12/h6-7,10-11,14-16,18,24,26,39H,4-5,8-9,12-13,17H2,1-3H3,(H,33,38);6,8,11-12,17,22H,4-5,7,9-10H2,1-3H3,(H,18,21)/t24-,26?;12-/m11/s1. The van der Waals surface area contributed by atoms with Gasteiger partial charge in [-0.15, -0.1) is 0 Å². The van der Waals surface area contributed by atoms with Crippen LogP contribution in [0.15, 0.2) is 72.4 Å². The lowest BCUT2D eigenvalue weighted by molar-refractivity contribution is -0.129. The van der Waals surface area contributed by atoms with Gasteiger partial charge in [-0.3, -0.25) is 19.5 Å². The van der Waals surface area contributed by atoms with E-state index in [-0.39, 0.29) is 35.0 Å². The maximum Gasteiger partial charge on any atom is 0.376 e. The van der Waals surface area contributed by atoms with E-state index in [1.807, 2.05) is 51.2 Å². The third-order valence-corrected chi connectivity index (χ3v) is 13.1. The van der Waals surface area contributed by atoms with Gasteiger partial charge in [0.25, 0.3) is 0 Å². The lowest BCUT2D eigenvalue weighted by Gasteiger charge is -2.45. The Morgan fingerprint density at radius 3 is 2.08 bits per heavy atom. The lowest BCUT2D eigenvalue weighted by Crippen LogP contribution is -2.62. The second-order valence-corrected chi connectivity index (χ2v) is 19.0. The third kappa shape index (κ3) is 11.9. The van der Waals surface area contributed by atoms with Crippen LogP contribution < -0.4 is 16.0 Å². The number of nitrogens with one attached hydrogen (secondary N) is 3. The number of rotatable bonds is 13. The van der Waals surface area contributed by atoms with Gasteiger partial charge in [0.15, 0.2) is 0 Å². The normalized spacial score (nSPS) is 20.1. The Bertz CT molecular complexity index is 2000. The number of carbonyl (C=O) groups excluding carboxylic acids is 2. The third-order valence-electron chi connectivity index (χ3n) is 12.4. The molecule has 19 heteroatoms. The average molecular weight is 921 g/mol. The molecular formula is C42H61B2BrClN11O4. The highest BCUT2D eigenvalue weighted by atomic mass is 79.9. The highest BCUT2D eigenvalue weighted by Gasteiger charge is 2.42. The minimum Gasteiger partial charge on any atom is -0.437 e. The largest absolute Gasteiger partial charge is 0.437 e. The van der Waals surface area contributed by atoms with Gasteiger partial charge in [0.2, 0.25) is 11.8 Å². The summed E-state index contributed by atoms with van der Waals surface area (Å²) in [6.07, 6.45) is 16.1. The Morgan fingerprint density at radius 2 is 1.48 bits per heavy atom. The van der Waals surface area contributed by atoms with Crippen LogP contribution >= 0.6 is 27.5 Å². The van der Waals surface area contributed by atoms with E-state index in [1.165, 1.54) is 11.1 Å². The number of pyridine rings is 1. The van der Waals surface area contributed by atoms with Gasteiger partial charge in [-0.2, -0.15) is 0 Å². The van der Waals surface area contributed by atoms with Crippen molar-refractivity contribution in [1.29, 1.82) is 0 Å². The first-order chi connectivity index (χ1) is 29.0. The van der Waals surface area contributed by atoms with Gasteiger partial charge in [0, 0.05) is 104 Å². The molecular weight excluding hydrogens is 860 g/mol. The van der Waals surface area contributed by atoms with Crippen molar-refractivity contribution in [1.82, 2.24) is 54.6 Å². The SMILES string of the molecule is CB(O)N1CCN(C2c3ccc(Cl)cc3CCc3cc(Br)cnc32)[C@@H](C(=O)NCCC(C)(C)n2ccnc2)C1.CB(O)N1CCN[C@@H](C(=O)NCCC(C)(C)n2ccnc2)C1. The number of hydrogen-bond donors (Lipinski definition) is 5. The molecule has 1 aromatic carbocycles. The molecule has 61 heavy (non-hydrogen) atoms. The van der Waals surface area contributed by atoms with E-state index in [0.29, 0.717) is 50.8 Å². The first-order valence-electron chi connectivity index (χ1n) is 21.3. The molecule has 2 fully saturated rings. The zero-order chi connectivity index (χ0) is 43.9.